The lowest BCUT2D eigenvalue weighted by Gasteiger charge is -2.40. The highest BCUT2D eigenvalue weighted by Crippen LogP contribution is 2.35. The molecule has 2 fully saturated rings. The summed E-state index contributed by atoms with van der Waals surface area (Å²) in [7, 11) is 0. The van der Waals surface area contributed by atoms with Crippen molar-refractivity contribution in [1.29, 1.82) is 0 Å². The van der Waals surface area contributed by atoms with E-state index in [-0.39, 0.29) is 11.7 Å². The van der Waals surface area contributed by atoms with E-state index in [2.05, 4.69) is 14.7 Å². The van der Waals surface area contributed by atoms with Crippen molar-refractivity contribution in [3.05, 3.63) is 35.7 Å². The van der Waals surface area contributed by atoms with E-state index < -0.39 is 17.5 Å². The number of ether oxygens (including phenoxy) is 1. The lowest BCUT2D eigenvalue weighted by atomic mass is 9.86. The number of benzene rings is 1. The van der Waals surface area contributed by atoms with Crippen molar-refractivity contribution < 1.29 is 27.2 Å². The minimum atomic E-state index is -4.67. The van der Waals surface area contributed by atoms with Gasteiger partial charge in [-0.05, 0) is 31.2 Å². The van der Waals surface area contributed by atoms with Crippen molar-refractivity contribution in [2.24, 2.45) is 11.3 Å². The largest absolute Gasteiger partial charge is 0.471 e. The molecule has 1 saturated carbocycles. The smallest absolute Gasteiger partial charge is 0.379 e. The predicted molar refractivity (Wildman–Crippen MR) is 91.8 cm³/mol. The first-order valence-corrected chi connectivity index (χ1v) is 9.12. The number of alkyl halides is 3. The van der Waals surface area contributed by atoms with Crippen LogP contribution in [-0.2, 0) is 22.3 Å². The first kappa shape index (κ1) is 18.9. The Kier molecular flexibility index (Phi) is 4.65. The fourth-order valence-electron chi connectivity index (χ4n) is 3.18. The molecule has 1 saturated heterocycles. The maximum Gasteiger partial charge on any atom is 0.471 e. The Bertz CT molecular complexity index is 855. The van der Waals surface area contributed by atoms with E-state index in [0.717, 1.165) is 24.9 Å². The lowest BCUT2D eigenvalue weighted by molar-refractivity contribution is -0.169. The van der Waals surface area contributed by atoms with Crippen LogP contribution in [0.5, 0.6) is 0 Å². The van der Waals surface area contributed by atoms with Gasteiger partial charge >= 0.3 is 12.1 Å². The third kappa shape index (κ3) is 3.89. The minimum Gasteiger partial charge on any atom is -0.379 e. The fourth-order valence-corrected chi connectivity index (χ4v) is 3.18. The minimum absolute atomic E-state index is 0.0858. The van der Waals surface area contributed by atoms with Gasteiger partial charge in [0.15, 0.2) is 0 Å². The molecule has 1 aliphatic heterocycles. The number of amides is 1. The summed E-state index contributed by atoms with van der Waals surface area (Å²) in [6.07, 6.45) is -2.40. The van der Waals surface area contributed by atoms with Crippen LogP contribution >= 0.6 is 0 Å². The van der Waals surface area contributed by atoms with Gasteiger partial charge in [0.25, 0.3) is 0 Å². The number of hydrogen-bond donors (Lipinski definition) is 0. The molecule has 150 valence electrons. The number of carbonyl (C=O) groups excluding carboxylic acids is 1. The second-order valence-electron chi connectivity index (χ2n) is 7.80. The number of hydrogen-bond acceptors (Lipinski definition) is 5. The standard InChI is InChI=1S/C19H20F3N3O3/c1-18(10-27-11-18)17(26)25(8-12-2-3-12)9-13-4-6-14(7-5-13)15-23-16(28-24-15)19(20,21)22/h4-7,12H,2-3,8-11H2,1H3. The molecule has 6 nitrogen and oxygen atoms in total. The maximum absolute atomic E-state index is 12.9. The molecule has 0 N–H and O–H groups in total. The van der Waals surface area contributed by atoms with Crippen LogP contribution in [0.25, 0.3) is 11.4 Å². The fraction of sp³-hybridized carbons (Fsp3) is 0.526. The van der Waals surface area contributed by atoms with Gasteiger partial charge in [-0.1, -0.05) is 29.4 Å². The summed E-state index contributed by atoms with van der Waals surface area (Å²) in [5.74, 6) is -0.858. The summed E-state index contributed by atoms with van der Waals surface area (Å²) in [4.78, 5) is 18.2. The molecule has 2 aliphatic rings. The Morgan fingerprint density at radius 1 is 1.25 bits per heavy atom. The number of carbonyl (C=O) groups is 1. The van der Waals surface area contributed by atoms with E-state index in [1.54, 1.807) is 24.3 Å². The number of rotatable bonds is 6. The molecule has 0 spiro atoms. The second-order valence-corrected chi connectivity index (χ2v) is 7.80. The van der Waals surface area contributed by atoms with Gasteiger partial charge in [-0.3, -0.25) is 4.79 Å². The highest BCUT2D eigenvalue weighted by Gasteiger charge is 2.44. The Balaban J connectivity index is 1.47. The van der Waals surface area contributed by atoms with Gasteiger partial charge in [0, 0.05) is 18.7 Å². The average Bonchev–Trinajstić information content (AvgIpc) is 3.29. The molecule has 2 heterocycles. The van der Waals surface area contributed by atoms with Crippen LogP contribution < -0.4 is 0 Å². The molecular weight excluding hydrogens is 375 g/mol. The average molecular weight is 395 g/mol. The zero-order valence-electron chi connectivity index (χ0n) is 15.3. The molecule has 1 aliphatic carbocycles. The van der Waals surface area contributed by atoms with E-state index >= 15 is 0 Å². The van der Waals surface area contributed by atoms with Crippen LogP contribution in [0.15, 0.2) is 28.8 Å². The van der Waals surface area contributed by atoms with E-state index in [1.807, 2.05) is 11.8 Å². The highest BCUT2D eigenvalue weighted by atomic mass is 19.4. The van der Waals surface area contributed by atoms with Crippen molar-refractivity contribution in [3.63, 3.8) is 0 Å². The van der Waals surface area contributed by atoms with E-state index in [9.17, 15) is 18.0 Å². The zero-order valence-corrected chi connectivity index (χ0v) is 15.3. The summed E-state index contributed by atoms with van der Waals surface area (Å²) >= 11 is 0. The molecule has 9 heteroatoms. The van der Waals surface area contributed by atoms with Crippen molar-refractivity contribution in [2.75, 3.05) is 19.8 Å². The van der Waals surface area contributed by atoms with Gasteiger partial charge in [-0.25, -0.2) is 0 Å². The van der Waals surface area contributed by atoms with Crippen molar-refractivity contribution in [1.82, 2.24) is 15.0 Å². The first-order chi connectivity index (χ1) is 13.2. The summed E-state index contributed by atoms with van der Waals surface area (Å²) in [5, 5.41) is 3.39. The molecular formula is C19H20F3N3O3. The van der Waals surface area contributed by atoms with E-state index in [1.165, 1.54) is 0 Å². The van der Waals surface area contributed by atoms with Crippen LogP contribution in [0.1, 0.15) is 31.2 Å². The summed E-state index contributed by atoms with van der Waals surface area (Å²) < 4.78 is 47.3. The second kappa shape index (κ2) is 6.88. The Morgan fingerprint density at radius 2 is 1.93 bits per heavy atom. The van der Waals surface area contributed by atoms with E-state index in [4.69, 9.17) is 4.74 Å². The number of aromatic nitrogens is 2. The Hall–Kier alpha value is -2.42. The Morgan fingerprint density at radius 3 is 2.43 bits per heavy atom. The summed E-state index contributed by atoms with van der Waals surface area (Å²) in [5.41, 5.74) is 0.844. The van der Waals surface area contributed by atoms with Gasteiger partial charge in [-0.2, -0.15) is 18.2 Å². The normalized spacial score (nSPS) is 18.6. The SMILES string of the molecule is CC1(C(=O)N(Cc2ccc(-c3noc(C(F)(F)F)n3)cc2)CC2CC2)COC1. The highest BCUT2D eigenvalue weighted by molar-refractivity contribution is 5.83. The number of halogens is 3. The molecule has 0 bridgehead atoms. The van der Waals surface area contributed by atoms with Crippen LogP contribution in [-0.4, -0.2) is 40.7 Å². The third-order valence-corrected chi connectivity index (χ3v) is 5.07. The van der Waals surface area contributed by atoms with Gasteiger partial charge in [0.1, 0.15) is 0 Å². The molecule has 1 aromatic heterocycles. The van der Waals surface area contributed by atoms with Crippen molar-refractivity contribution >= 4 is 5.91 Å². The molecule has 1 aromatic carbocycles. The summed E-state index contributed by atoms with van der Waals surface area (Å²) in [6, 6.07) is 6.81. The lowest BCUT2D eigenvalue weighted by Crippen LogP contribution is -2.53. The van der Waals surface area contributed by atoms with Gasteiger partial charge in [0.05, 0.1) is 18.6 Å². The zero-order chi connectivity index (χ0) is 19.9. The topological polar surface area (TPSA) is 68.5 Å². The monoisotopic (exact) mass is 395 g/mol. The van der Waals surface area contributed by atoms with Gasteiger partial charge < -0.3 is 14.2 Å². The molecule has 2 aromatic rings. The molecule has 0 unspecified atom stereocenters. The molecule has 28 heavy (non-hydrogen) atoms. The number of nitrogens with zero attached hydrogens (tertiary/aromatic N) is 3. The summed E-state index contributed by atoms with van der Waals surface area (Å²) in [6.45, 7) is 3.95. The van der Waals surface area contributed by atoms with Crippen LogP contribution in [0.4, 0.5) is 13.2 Å². The van der Waals surface area contributed by atoms with Crippen molar-refractivity contribution in [2.45, 2.75) is 32.5 Å². The van der Waals surface area contributed by atoms with Crippen molar-refractivity contribution in [3.8, 4) is 11.4 Å². The Labute approximate surface area is 159 Å². The third-order valence-electron chi connectivity index (χ3n) is 5.07. The maximum atomic E-state index is 12.9. The quantitative estimate of drug-likeness (QED) is 0.749. The van der Waals surface area contributed by atoms with Gasteiger partial charge in [-0.15, -0.1) is 0 Å². The first-order valence-electron chi connectivity index (χ1n) is 9.12. The van der Waals surface area contributed by atoms with Crippen LogP contribution in [0.3, 0.4) is 0 Å². The van der Waals surface area contributed by atoms with Gasteiger partial charge in [0.2, 0.25) is 11.7 Å². The molecule has 0 radical (unpaired) electrons. The van der Waals surface area contributed by atoms with Crippen LogP contribution in [0.2, 0.25) is 0 Å². The molecule has 1 amide bonds. The van der Waals surface area contributed by atoms with E-state index in [0.29, 0.717) is 31.2 Å². The molecule has 4 rings (SSSR count). The predicted octanol–water partition coefficient (Wildman–Crippen LogP) is 3.53. The molecule has 0 atom stereocenters. The van der Waals surface area contributed by atoms with Crippen LogP contribution in [0, 0.1) is 11.3 Å².